The van der Waals surface area contributed by atoms with Gasteiger partial charge in [0.25, 0.3) is 0 Å². The van der Waals surface area contributed by atoms with E-state index in [0.717, 1.165) is 19.3 Å². The molecule has 16 heavy (non-hydrogen) atoms. The first-order valence-corrected chi connectivity index (χ1v) is 6.01. The predicted molar refractivity (Wildman–Crippen MR) is 60.0 cm³/mol. The molecule has 1 atom stereocenters. The summed E-state index contributed by atoms with van der Waals surface area (Å²) in [6.45, 7) is 6.84. The van der Waals surface area contributed by atoms with Crippen molar-refractivity contribution in [3.63, 3.8) is 0 Å². The maximum absolute atomic E-state index is 10.8. The number of unbranched alkanes of at least 4 members (excludes halogenated alkanes) is 1. The lowest BCUT2D eigenvalue weighted by Crippen LogP contribution is -2.21. The van der Waals surface area contributed by atoms with Gasteiger partial charge in [-0.05, 0) is 33.1 Å². The van der Waals surface area contributed by atoms with Crippen molar-refractivity contribution in [2.75, 3.05) is 13.2 Å². The van der Waals surface area contributed by atoms with E-state index in [1.807, 2.05) is 13.8 Å². The molecule has 0 aromatic carbocycles. The van der Waals surface area contributed by atoms with Gasteiger partial charge in [-0.15, -0.1) is 0 Å². The third kappa shape index (κ3) is 4.94. The Balaban J connectivity index is 1.98. The van der Waals surface area contributed by atoms with Crippen molar-refractivity contribution >= 4 is 5.97 Å². The molecule has 1 aliphatic rings. The van der Waals surface area contributed by atoms with E-state index >= 15 is 0 Å². The van der Waals surface area contributed by atoms with Gasteiger partial charge in [-0.3, -0.25) is 4.79 Å². The van der Waals surface area contributed by atoms with Gasteiger partial charge in [0.05, 0.1) is 19.3 Å². The Morgan fingerprint density at radius 2 is 2.19 bits per heavy atom. The molecule has 4 heteroatoms. The molecule has 1 fully saturated rings. The molecule has 1 rings (SSSR count). The quantitative estimate of drug-likeness (QED) is 0.518. The second-order valence-electron chi connectivity index (χ2n) is 4.52. The Morgan fingerprint density at radius 1 is 1.44 bits per heavy atom. The predicted octanol–water partition coefficient (Wildman–Crippen LogP) is 2.26. The zero-order valence-electron chi connectivity index (χ0n) is 10.5. The van der Waals surface area contributed by atoms with E-state index in [1.165, 1.54) is 0 Å². The molecule has 0 N–H and O–H groups in total. The number of ether oxygens (including phenoxy) is 3. The maximum Gasteiger partial charge on any atom is 0.305 e. The molecule has 0 unspecified atom stereocenters. The Labute approximate surface area is 97.2 Å². The van der Waals surface area contributed by atoms with Crippen LogP contribution in [-0.2, 0) is 19.0 Å². The van der Waals surface area contributed by atoms with Crippen LogP contribution in [0, 0.1) is 0 Å². The third-order valence-corrected chi connectivity index (χ3v) is 2.54. The van der Waals surface area contributed by atoms with Crippen molar-refractivity contribution in [3.8, 4) is 0 Å². The molecular formula is C12H22O4. The zero-order chi connectivity index (χ0) is 12.0. The Morgan fingerprint density at radius 3 is 2.75 bits per heavy atom. The highest BCUT2D eigenvalue weighted by Gasteiger charge is 2.31. The monoisotopic (exact) mass is 230 g/mol. The number of hydrogen-bond donors (Lipinski definition) is 0. The summed E-state index contributed by atoms with van der Waals surface area (Å²) in [5.74, 6) is -0.555. The van der Waals surface area contributed by atoms with E-state index in [-0.39, 0.29) is 12.1 Å². The van der Waals surface area contributed by atoms with E-state index in [1.54, 1.807) is 6.92 Å². The van der Waals surface area contributed by atoms with E-state index in [2.05, 4.69) is 0 Å². The molecule has 0 radical (unpaired) electrons. The molecule has 1 heterocycles. The van der Waals surface area contributed by atoms with Crippen LogP contribution in [0.1, 0.15) is 46.5 Å². The topological polar surface area (TPSA) is 44.8 Å². The Kier molecular flexibility index (Phi) is 5.22. The van der Waals surface area contributed by atoms with Crippen LogP contribution >= 0.6 is 0 Å². The summed E-state index contributed by atoms with van der Waals surface area (Å²) in [6, 6.07) is 0. The van der Waals surface area contributed by atoms with Crippen LogP contribution in [0.2, 0.25) is 0 Å². The van der Waals surface area contributed by atoms with Crippen LogP contribution in [0.5, 0.6) is 0 Å². The van der Waals surface area contributed by atoms with Gasteiger partial charge in [-0.25, -0.2) is 0 Å². The highest BCUT2D eigenvalue weighted by Crippen LogP contribution is 2.24. The number of carbonyl (C=O) groups is 1. The van der Waals surface area contributed by atoms with Crippen molar-refractivity contribution in [1.29, 1.82) is 0 Å². The minimum atomic E-state index is -0.431. The summed E-state index contributed by atoms with van der Waals surface area (Å²) < 4.78 is 16.1. The van der Waals surface area contributed by atoms with Gasteiger partial charge < -0.3 is 14.2 Å². The maximum atomic E-state index is 10.8. The smallest absolute Gasteiger partial charge is 0.305 e. The van der Waals surface area contributed by atoms with Gasteiger partial charge >= 0.3 is 5.97 Å². The molecule has 0 spiro atoms. The number of rotatable bonds is 6. The van der Waals surface area contributed by atoms with Crippen molar-refractivity contribution in [2.24, 2.45) is 0 Å². The average Bonchev–Trinajstić information content (AvgIpc) is 2.57. The minimum absolute atomic E-state index is 0.124. The fourth-order valence-electron chi connectivity index (χ4n) is 1.67. The van der Waals surface area contributed by atoms with Crippen molar-refractivity contribution in [2.45, 2.75) is 58.3 Å². The molecule has 0 bridgehead atoms. The fourth-order valence-corrected chi connectivity index (χ4v) is 1.67. The second-order valence-corrected chi connectivity index (χ2v) is 4.52. The molecule has 0 aromatic heterocycles. The first kappa shape index (κ1) is 13.5. The molecule has 4 nitrogen and oxygen atoms in total. The van der Waals surface area contributed by atoms with E-state index in [9.17, 15) is 4.79 Å². The lowest BCUT2D eigenvalue weighted by Gasteiger charge is -2.16. The summed E-state index contributed by atoms with van der Waals surface area (Å²) in [5, 5.41) is 0. The fraction of sp³-hybridized carbons (Fsp3) is 0.917. The summed E-state index contributed by atoms with van der Waals surface area (Å²) in [5.41, 5.74) is 0. The first-order chi connectivity index (χ1) is 7.53. The molecule has 0 aliphatic carbocycles. The van der Waals surface area contributed by atoms with Crippen LogP contribution in [0.4, 0.5) is 0 Å². The number of carbonyl (C=O) groups excluding carboxylic acids is 1. The Hall–Kier alpha value is -0.610. The molecule has 0 saturated carbocycles. The summed E-state index contributed by atoms with van der Waals surface area (Å²) in [6.07, 6.45) is 3.51. The van der Waals surface area contributed by atoms with Crippen LogP contribution in [0.15, 0.2) is 0 Å². The lowest BCUT2D eigenvalue weighted by molar-refractivity contribution is -0.143. The van der Waals surface area contributed by atoms with Crippen LogP contribution in [0.3, 0.4) is 0 Å². The standard InChI is InChI=1S/C12H22O4/c1-4-11(13)14-8-6-5-7-10-9-15-12(2,3)16-10/h10H,4-9H2,1-3H3/t10-/m1/s1. The second kappa shape index (κ2) is 6.21. The number of esters is 1. The largest absolute Gasteiger partial charge is 0.466 e. The van der Waals surface area contributed by atoms with Crippen molar-refractivity contribution < 1.29 is 19.0 Å². The highest BCUT2D eigenvalue weighted by atomic mass is 16.7. The van der Waals surface area contributed by atoms with E-state index in [4.69, 9.17) is 14.2 Å². The molecule has 1 saturated heterocycles. The SMILES string of the molecule is CCC(=O)OCCCC[C@@H]1COC(C)(C)O1. The summed E-state index contributed by atoms with van der Waals surface area (Å²) in [4.78, 5) is 10.8. The van der Waals surface area contributed by atoms with E-state index in [0.29, 0.717) is 19.6 Å². The van der Waals surface area contributed by atoms with Crippen molar-refractivity contribution in [1.82, 2.24) is 0 Å². The molecule has 94 valence electrons. The van der Waals surface area contributed by atoms with Crippen LogP contribution < -0.4 is 0 Å². The van der Waals surface area contributed by atoms with Crippen molar-refractivity contribution in [3.05, 3.63) is 0 Å². The van der Waals surface area contributed by atoms with Crippen LogP contribution in [0.25, 0.3) is 0 Å². The van der Waals surface area contributed by atoms with Gasteiger partial charge in [-0.1, -0.05) is 6.92 Å². The highest BCUT2D eigenvalue weighted by molar-refractivity contribution is 5.68. The molecule has 0 aromatic rings. The number of hydrogen-bond acceptors (Lipinski definition) is 4. The Bertz CT molecular complexity index is 225. The summed E-state index contributed by atoms with van der Waals surface area (Å²) >= 11 is 0. The van der Waals surface area contributed by atoms with Gasteiger partial charge in [-0.2, -0.15) is 0 Å². The lowest BCUT2D eigenvalue weighted by atomic mass is 10.2. The normalized spacial score (nSPS) is 23.3. The van der Waals surface area contributed by atoms with Gasteiger partial charge in [0.15, 0.2) is 5.79 Å². The molecule has 0 amide bonds. The molecular weight excluding hydrogens is 208 g/mol. The first-order valence-electron chi connectivity index (χ1n) is 6.01. The van der Waals surface area contributed by atoms with E-state index < -0.39 is 5.79 Å². The molecule has 1 aliphatic heterocycles. The van der Waals surface area contributed by atoms with Gasteiger partial charge in [0.1, 0.15) is 0 Å². The van der Waals surface area contributed by atoms with Crippen LogP contribution in [-0.4, -0.2) is 31.1 Å². The summed E-state index contributed by atoms with van der Waals surface area (Å²) in [7, 11) is 0. The zero-order valence-corrected chi connectivity index (χ0v) is 10.5. The van der Waals surface area contributed by atoms with Gasteiger partial charge in [0.2, 0.25) is 0 Å². The average molecular weight is 230 g/mol. The minimum Gasteiger partial charge on any atom is -0.466 e. The third-order valence-electron chi connectivity index (χ3n) is 2.54. The van der Waals surface area contributed by atoms with Gasteiger partial charge in [0, 0.05) is 6.42 Å².